The highest BCUT2D eigenvalue weighted by Gasteiger charge is 2.23. The Kier molecular flexibility index (Phi) is 3.69. The van der Waals surface area contributed by atoms with E-state index in [-0.39, 0.29) is 5.56 Å². The molecule has 0 amide bonds. The van der Waals surface area contributed by atoms with Gasteiger partial charge in [0.15, 0.2) is 0 Å². The van der Waals surface area contributed by atoms with Gasteiger partial charge in [-0.15, -0.1) is 22.9 Å². The number of hydrogen-bond donors (Lipinski definition) is 0. The van der Waals surface area contributed by atoms with Crippen LogP contribution in [0.5, 0.6) is 0 Å². The molecule has 0 N–H and O–H groups in total. The molecule has 1 aromatic carbocycles. The molecule has 1 atom stereocenters. The molecule has 0 saturated carbocycles. The lowest BCUT2D eigenvalue weighted by atomic mass is 10.0. The summed E-state index contributed by atoms with van der Waals surface area (Å²) in [4.78, 5) is 1.91. The van der Waals surface area contributed by atoms with E-state index < -0.39 is 22.8 Å². The molecule has 0 aliphatic rings. The molecule has 0 spiro atoms. The number of aryl methyl sites for hydroxylation is 2. The van der Waals surface area contributed by atoms with Crippen LogP contribution < -0.4 is 0 Å². The lowest BCUT2D eigenvalue weighted by Gasteiger charge is -2.12. The average Bonchev–Trinajstić information content (AvgIpc) is 2.56. The third kappa shape index (κ3) is 2.40. The van der Waals surface area contributed by atoms with E-state index in [9.17, 15) is 13.2 Å². The summed E-state index contributed by atoms with van der Waals surface area (Å²) in [7, 11) is 0. The zero-order chi connectivity index (χ0) is 13.4. The lowest BCUT2D eigenvalue weighted by molar-refractivity contribution is 0.526. The number of alkyl halides is 1. The highest BCUT2D eigenvalue weighted by Crippen LogP contribution is 2.37. The van der Waals surface area contributed by atoms with Crippen molar-refractivity contribution in [3.8, 4) is 0 Å². The molecule has 2 rings (SSSR count). The van der Waals surface area contributed by atoms with Gasteiger partial charge in [0, 0.05) is 27.5 Å². The van der Waals surface area contributed by atoms with E-state index in [0.29, 0.717) is 17.7 Å². The van der Waals surface area contributed by atoms with E-state index in [1.54, 1.807) is 6.07 Å². The molecule has 0 radical (unpaired) electrons. The fraction of sp³-hybridized carbons (Fsp3) is 0.231. The lowest BCUT2D eigenvalue weighted by Crippen LogP contribution is -2.02. The number of rotatable bonds is 2. The van der Waals surface area contributed by atoms with Crippen molar-refractivity contribution in [3.63, 3.8) is 0 Å². The Balaban J connectivity index is 2.52. The van der Waals surface area contributed by atoms with Crippen molar-refractivity contribution in [1.82, 2.24) is 0 Å². The highest BCUT2D eigenvalue weighted by molar-refractivity contribution is 7.12. The van der Waals surface area contributed by atoms with Gasteiger partial charge in [0.05, 0.1) is 5.38 Å². The van der Waals surface area contributed by atoms with Crippen LogP contribution >= 0.6 is 22.9 Å². The molecule has 1 heterocycles. The quantitative estimate of drug-likeness (QED) is 0.674. The standard InChI is InChI=1S/C13H10ClF3S/c1-6-3-9(7(2)18-6)13(14)12-10(16)4-8(15)5-11(12)17/h3-5,13H,1-2H3. The molecule has 0 nitrogen and oxygen atoms in total. The predicted octanol–water partition coefficient (Wildman–Crippen LogP) is 5.11. The minimum absolute atomic E-state index is 0.307. The van der Waals surface area contributed by atoms with Crippen molar-refractivity contribution >= 4 is 22.9 Å². The van der Waals surface area contributed by atoms with E-state index in [0.717, 1.165) is 9.75 Å². The first kappa shape index (κ1) is 13.4. The minimum Gasteiger partial charge on any atom is -0.207 e. The Morgan fingerprint density at radius 2 is 1.61 bits per heavy atom. The number of benzene rings is 1. The summed E-state index contributed by atoms with van der Waals surface area (Å²) >= 11 is 7.62. The molecule has 1 aromatic heterocycles. The Bertz CT molecular complexity index is 569. The van der Waals surface area contributed by atoms with Crippen LogP contribution in [-0.4, -0.2) is 0 Å². The maximum absolute atomic E-state index is 13.6. The molecular weight excluding hydrogens is 281 g/mol. The maximum atomic E-state index is 13.6. The second-order valence-electron chi connectivity index (χ2n) is 4.01. The first-order valence-electron chi connectivity index (χ1n) is 5.25. The van der Waals surface area contributed by atoms with Crippen molar-refractivity contribution in [2.45, 2.75) is 19.2 Å². The van der Waals surface area contributed by atoms with Crippen molar-refractivity contribution in [2.75, 3.05) is 0 Å². The van der Waals surface area contributed by atoms with Crippen molar-refractivity contribution in [1.29, 1.82) is 0 Å². The fourth-order valence-corrected chi connectivity index (χ4v) is 3.32. The van der Waals surface area contributed by atoms with Gasteiger partial charge in [0.1, 0.15) is 17.5 Å². The van der Waals surface area contributed by atoms with Crippen LogP contribution in [0.4, 0.5) is 13.2 Å². The molecule has 0 saturated heterocycles. The molecule has 2 aromatic rings. The third-order valence-electron chi connectivity index (χ3n) is 2.65. The van der Waals surface area contributed by atoms with Gasteiger partial charge in [-0.3, -0.25) is 0 Å². The van der Waals surface area contributed by atoms with Gasteiger partial charge >= 0.3 is 0 Å². The Labute approximate surface area is 112 Å². The second-order valence-corrected chi connectivity index (χ2v) is 5.91. The molecule has 5 heteroatoms. The zero-order valence-electron chi connectivity index (χ0n) is 9.73. The molecule has 0 aliphatic carbocycles. The van der Waals surface area contributed by atoms with Gasteiger partial charge < -0.3 is 0 Å². The van der Waals surface area contributed by atoms with Gasteiger partial charge in [-0.1, -0.05) is 0 Å². The second kappa shape index (κ2) is 4.94. The highest BCUT2D eigenvalue weighted by atomic mass is 35.5. The maximum Gasteiger partial charge on any atom is 0.134 e. The third-order valence-corrected chi connectivity index (χ3v) is 4.08. The zero-order valence-corrected chi connectivity index (χ0v) is 11.3. The number of halogens is 4. The summed E-state index contributed by atoms with van der Waals surface area (Å²) in [5.74, 6) is -2.87. The minimum atomic E-state index is -0.962. The summed E-state index contributed by atoms with van der Waals surface area (Å²) < 4.78 is 40.1. The normalized spacial score (nSPS) is 12.8. The number of hydrogen-bond acceptors (Lipinski definition) is 1. The van der Waals surface area contributed by atoms with Crippen molar-refractivity contribution < 1.29 is 13.2 Å². The molecular formula is C13H10ClF3S. The first-order chi connectivity index (χ1) is 8.40. The summed E-state index contributed by atoms with van der Waals surface area (Å²) in [6, 6.07) is 3.07. The van der Waals surface area contributed by atoms with Crippen LogP contribution in [0.15, 0.2) is 18.2 Å². The van der Waals surface area contributed by atoms with Crippen molar-refractivity contribution in [3.05, 3.63) is 56.5 Å². The van der Waals surface area contributed by atoms with Crippen LogP contribution in [0.2, 0.25) is 0 Å². The van der Waals surface area contributed by atoms with Gasteiger partial charge in [0.25, 0.3) is 0 Å². The molecule has 0 bridgehead atoms. The van der Waals surface area contributed by atoms with Crippen LogP contribution in [0, 0.1) is 31.3 Å². The topological polar surface area (TPSA) is 0 Å². The van der Waals surface area contributed by atoms with Gasteiger partial charge in [-0.05, 0) is 25.5 Å². The Hall–Kier alpha value is -1.00. The molecule has 0 aliphatic heterocycles. The predicted molar refractivity (Wildman–Crippen MR) is 67.8 cm³/mol. The summed E-state index contributed by atoms with van der Waals surface area (Å²) in [6.45, 7) is 3.73. The van der Waals surface area contributed by atoms with Crippen LogP contribution in [0.3, 0.4) is 0 Å². The van der Waals surface area contributed by atoms with Crippen LogP contribution in [0.25, 0.3) is 0 Å². The smallest absolute Gasteiger partial charge is 0.134 e. The van der Waals surface area contributed by atoms with E-state index in [2.05, 4.69) is 0 Å². The van der Waals surface area contributed by atoms with E-state index in [1.807, 2.05) is 13.8 Å². The van der Waals surface area contributed by atoms with Gasteiger partial charge in [-0.25, -0.2) is 13.2 Å². The Morgan fingerprint density at radius 1 is 1.06 bits per heavy atom. The Morgan fingerprint density at radius 3 is 2.06 bits per heavy atom. The SMILES string of the molecule is Cc1cc(C(Cl)c2c(F)cc(F)cc2F)c(C)s1. The molecule has 0 fully saturated rings. The van der Waals surface area contributed by atoms with Crippen molar-refractivity contribution in [2.24, 2.45) is 0 Å². The largest absolute Gasteiger partial charge is 0.207 e. The monoisotopic (exact) mass is 290 g/mol. The van der Waals surface area contributed by atoms with Gasteiger partial charge in [0.2, 0.25) is 0 Å². The average molecular weight is 291 g/mol. The summed E-state index contributed by atoms with van der Waals surface area (Å²) in [6.07, 6.45) is 0. The van der Waals surface area contributed by atoms with E-state index in [4.69, 9.17) is 11.6 Å². The van der Waals surface area contributed by atoms with Gasteiger partial charge in [-0.2, -0.15) is 0 Å². The van der Waals surface area contributed by atoms with E-state index in [1.165, 1.54) is 11.3 Å². The first-order valence-corrected chi connectivity index (χ1v) is 6.51. The van der Waals surface area contributed by atoms with Crippen LogP contribution in [-0.2, 0) is 0 Å². The molecule has 1 unspecified atom stereocenters. The molecule has 96 valence electrons. The summed E-state index contributed by atoms with van der Waals surface area (Å²) in [5, 5.41) is -0.949. The van der Waals surface area contributed by atoms with Crippen LogP contribution in [0.1, 0.15) is 26.3 Å². The number of thiophene rings is 1. The molecule has 18 heavy (non-hydrogen) atoms. The van der Waals surface area contributed by atoms with E-state index >= 15 is 0 Å². The fourth-order valence-electron chi connectivity index (χ4n) is 1.85. The summed E-state index contributed by atoms with van der Waals surface area (Å²) in [5.41, 5.74) is 0.350.